The van der Waals surface area contributed by atoms with Crippen LogP contribution in [0.15, 0.2) is 12.1 Å². The van der Waals surface area contributed by atoms with Crippen molar-refractivity contribution in [1.29, 1.82) is 0 Å². The molecule has 0 bridgehead atoms. The monoisotopic (exact) mass is 239 g/mol. The molecular formula is C11H17N3O3. The Hall–Kier alpha value is -2.11. The average Bonchev–Trinajstić information content (AvgIpc) is 2.27. The van der Waals surface area contributed by atoms with Crippen molar-refractivity contribution in [2.45, 2.75) is 0 Å². The summed E-state index contributed by atoms with van der Waals surface area (Å²) in [4.78, 5) is 12.5. The van der Waals surface area contributed by atoms with E-state index >= 15 is 0 Å². The van der Waals surface area contributed by atoms with Gasteiger partial charge in [0.25, 0.3) is 0 Å². The standard InChI is InChI=1S/C11H17N3O3/c1-14(6-11(13)15)8-5-10(17-3)9(16-2)4-7(8)12/h4-5H,6,12H2,1-3H3,(H2,13,15). The van der Waals surface area contributed by atoms with Gasteiger partial charge in [-0.25, -0.2) is 0 Å². The van der Waals surface area contributed by atoms with Crippen molar-refractivity contribution in [1.82, 2.24) is 0 Å². The van der Waals surface area contributed by atoms with Gasteiger partial charge < -0.3 is 25.8 Å². The topological polar surface area (TPSA) is 90.8 Å². The van der Waals surface area contributed by atoms with Crippen LogP contribution in [0.1, 0.15) is 0 Å². The molecule has 0 fully saturated rings. The minimum absolute atomic E-state index is 0.0830. The Morgan fingerprint density at radius 1 is 1.29 bits per heavy atom. The van der Waals surface area contributed by atoms with E-state index in [-0.39, 0.29) is 6.54 Å². The van der Waals surface area contributed by atoms with Gasteiger partial charge in [-0.15, -0.1) is 0 Å². The molecule has 6 heteroatoms. The predicted molar refractivity (Wildman–Crippen MR) is 66.4 cm³/mol. The molecule has 1 aromatic carbocycles. The van der Waals surface area contributed by atoms with Gasteiger partial charge in [0.15, 0.2) is 11.5 Å². The molecule has 0 aromatic heterocycles. The van der Waals surface area contributed by atoms with Crippen LogP contribution in [0.3, 0.4) is 0 Å². The second-order valence-electron chi connectivity index (χ2n) is 3.59. The molecule has 0 atom stereocenters. The van der Waals surface area contributed by atoms with E-state index < -0.39 is 5.91 Å². The lowest BCUT2D eigenvalue weighted by molar-refractivity contribution is -0.116. The van der Waals surface area contributed by atoms with Crippen LogP contribution >= 0.6 is 0 Å². The van der Waals surface area contributed by atoms with E-state index in [1.165, 1.54) is 14.2 Å². The molecule has 0 heterocycles. The Bertz CT molecular complexity index is 421. The summed E-state index contributed by atoms with van der Waals surface area (Å²) in [6.45, 7) is 0.0830. The number of carbonyl (C=O) groups excluding carboxylic acids is 1. The van der Waals surface area contributed by atoms with Crippen LogP contribution in [0.5, 0.6) is 11.5 Å². The van der Waals surface area contributed by atoms with Crippen LogP contribution in [0.2, 0.25) is 0 Å². The smallest absolute Gasteiger partial charge is 0.236 e. The summed E-state index contributed by atoms with van der Waals surface area (Å²) in [5.74, 6) is 0.663. The van der Waals surface area contributed by atoms with Gasteiger partial charge in [-0.2, -0.15) is 0 Å². The quantitative estimate of drug-likeness (QED) is 0.717. The van der Waals surface area contributed by atoms with Gasteiger partial charge in [-0.3, -0.25) is 4.79 Å². The third-order valence-electron chi connectivity index (χ3n) is 2.34. The fourth-order valence-electron chi connectivity index (χ4n) is 1.53. The minimum atomic E-state index is -0.429. The first-order chi connectivity index (χ1) is 7.99. The normalized spacial score (nSPS) is 9.82. The van der Waals surface area contributed by atoms with Gasteiger partial charge >= 0.3 is 0 Å². The molecule has 1 aromatic rings. The fraction of sp³-hybridized carbons (Fsp3) is 0.364. The number of primary amides is 1. The first-order valence-electron chi connectivity index (χ1n) is 5.00. The minimum Gasteiger partial charge on any atom is -0.493 e. The van der Waals surface area contributed by atoms with Crippen LogP contribution in [0, 0.1) is 0 Å². The van der Waals surface area contributed by atoms with Gasteiger partial charge in [0.05, 0.1) is 32.1 Å². The van der Waals surface area contributed by atoms with Crippen molar-refractivity contribution in [2.75, 3.05) is 38.4 Å². The molecule has 17 heavy (non-hydrogen) atoms. The molecule has 0 radical (unpaired) electrons. The van der Waals surface area contributed by atoms with E-state index in [9.17, 15) is 4.79 Å². The maximum atomic E-state index is 10.9. The highest BCUT2D eigenvalue weighted by Gasteiger charge is 2.13. The number of nitrogen functional groups attached to an aromatic ring is 1. The molecule has 1 amide bonds. The van der Waals surface area contributed by atoms with E-state index in [0.29, 0.717) is 22.9 Å². The summed E-state index contributed by atoms with van der Waals surface area (Å²) >= 11 is 0. The Morgan fingerprint density at radius 3 is 2.29 bits per heavy atom. The molecule has 0 saturated heterocycles. The van der Waals surface area contributed by atoms with Gasteiger partial charge in [-0.05, 0) is 0 Å². The Labute approximate surface area is 100 Å². The number of nitrogens with zero attached hydrogens (tertiary/aromatic N) is 1. The summed E-state index contributed by atoms with van der Waals surface area (Å²) in [6.07, 6.45) is 0. The van der Waals surface area contributed by atoms with Crippen molar-refractivity contribution in [3.8, 4) is 11.5 Å². The van der Waals surface area contributed by atoms with Gasteiger partial charge in [0, 0.05) is 19.2 Å². The molecule has 0 aliphatic carbocycles. The van der Waals surface area contributed by atoms with Crippen molar-refractivity contribution in [3.63, 3.8) is 0 Å². The number of rotatable bonds is 5. The summed E-state index contributed by atoms with van der Waals surface area (Å²) in [6, 6.07) is 3.35. The van der Waals surface area contributed by atoms with E-state index in [2.05, 4.69) is 0 Å². The van der Waals surface area contributed by atoms with Crippen LogP contribution in [0.4, 0.5) is 11.4 Å². The number of hydrogen-bond acceptors (Lipinski definition) is 5. The lowest BCUT2D eigenvalue weighted by Gasteiger charge is -2.21. The molecule has 0 unspecified atom stereocenters. The maximum Gasteiger partial charge on any atom is 0.236 e. The number of benzene rings is 1. The van der Waals surface area contributed by atoms with Crippen molar-refractivity contribution in [3.05, 3.63) is 12.1 Å². The zero-order valence-electron chi connectivity index (χ0n) is 10.2. The predicted octanol–water partition coefficient (Wildman–Crippen LogP) is 0.207. The zero-order chi connectivity index (χ0) is 13.0. The van der Waals surface area contributed by atoms with Crippen LogP contribution < -0.4 is 25.8 Å². The van der Waals surface area contributed by atoms with Crippen molar-refractivity contribution < 1.29 is 14.3 Å². The van der Waals surface area contributed by atoms with Gasteiger partial charge in [0.1, 0.15) is 0 Å². The van der Waals surface area contributed by atoms with Crippen molar-refractivity contribution >= 4 is 17.3 Å². The number of anilines is 2. The Kier molecular flexibility index (Phi) is 4.03. The molecule has 0 aliphatic rings. The van der Waals surface area contributed by atoms with Crippen molar-refractivity contribution in [2.24, 2.45) is 5.73 Å². The first-order valence-corrected chi connectivity index (χ1v) is 5.00. The largest absolute Gasteiger partial charge is 0.493 e. The summed E-state index contributed by atoms with van der Waals surface area (Å²) in [5, 5.41) is 0. The molecule has 4 N–H and O–H groups in total. The van der Waals surface area contributed by atoms with E-state index in [1.54, 1.807) is 24.1 Å². The highest BCUT2D eigenvalue weighted by molar-refractivity contribution is 5.82. The molecule has 6 nitrogen and oxygen atoms in total. The Morgan fingerprint density at radius 2 is 1.82 bits per heavy atom. The van der Waals surface area contributed by atoms with E-state index in [1.807, 2.05) is 0 Å². The second kappa shape index (κ2) is 5.29. The first kappa shape index (κ1) is 13.0. The number of carbonyl (C=O) groups is 1. The van der Waals surface area contributed by atoms with Crippen LogP contribution in [-0.4, -0.2) is 33.7 Å². The fourth-order valence-corrected chi connectivity index (χ4v) is 1.53. The number of ether oxygens (including phenoxy) is 2. The second-order valence-corrected chi connectivity index (χ2v) is 3.59. The average molecular weight is 239 g/mol. The summed E-state index contributed by atoms with van der Waals surface area (Å²) in [7, 11) is 4.79. The maximum absolute atomic E-state index is 10.9. The lowest BCUT2D eigenvalue weighted by atomic mass is 10.2. The number of nitrogens with two attached hydrogens (primary N) is 2. The molecule has 1 rings (SSSR count). The van der Waals surface area contributed by atoms with Crippen LogP contribution in [0.25, 0.3) is 0 Å². The third-order valence-corrected chi connectivity index (χ3v) is 2.34. The summed E-state index contributed by atoms with van der Waals surface area (Å²) < 4.78 is 10.3. The van der Waals surface area contributed by atoms with Gasteiger partial charge in [-0.1, -0.05) is 0 Å². The molecule has 0 saturated carbocycles. The molecule has 0 aliphatic heterocycles. The third kappa shape index (κ3) is 2.93. The SMILES string of the molecule is COc1cc(N)c(N(C)CC(N)=O)cc1OC. The van der Waals surface area contributed by atoms with Crippen LogP contribution in [-0.2, 0) is 4.79 Å². The number of methoxy groups -OCH3 is 2. The summed E-state index contributed by atoms with van der Waals surface area (Å²) in [5.41, 5.74) is 12.2. The number of amides is 1. The molecule has 94 valence electrons. The Balaban J connectivity index is 3.11. The van der Waals surface area contributed by atoms with E-state index in [4.69, 9.17) is 20.9 Å². The lowest BCUT2D eigenvalue weighted by Crippen LogP contribution is -2.30. The van der Waals surface area contributed by atoms with Gasteiger partial charge in [0.2, 0.25) is 5.91 Å². The highest BCUT2D eigenvalue weighted by Crippen LogP contribution is 2.36. The highest BCUT2D eigenvalue weighted by atomic mass is 16.5. The zero-order valence-corrected chi connectivity index (χ0v) is 10.2. The van der Waals surface area contributed by atoms with E-state index in [0.717, 1.165) is 0 Å². The number of hydrogen-bond donors (Lipinski definition) is 2. The molecular weight excluding hydrogens is 222 g/mol. The number of likely N-dealkylation sites (N-methyl/N-ethyl adjacent to an activating group) is 1. The molecule has 0 spiro atoms.